The molecule has 0 radical (unpaired) electrons. The highest BCUT2D eigenvalue weighted by atomic mass is 16.5. The summed E-state index contributed by atoms with van der Waals surface area (Å²) in [7, 11) is 1.42. The summed E-state index contributed by atoms with van der Waals surface area (Å²) in [4.78, 5) is 11.6. The first kappa shape index (κ1) is 13.6. The number of hydrogen-bond donors (Lipinski definition) is 0. The van der Waals surface area contributed by atoms with Gasteiger partial charge in [-0.25, -0.2) is 0 Å². The van der Waals surface area contributed by atoms with E-state index in [0.717, 1.165) is 17.7 Å². The van der Waals surface area contributed by atoms with Crippen molar-refractivity contribution in [3.05, 3.63) is 29.8 Å². The number of methoxy groups -OCH3 is 1. The van der Waals surface area contributed by atoms with Crippen molar-refractivity contribution in [1.82, 2.24) is 0 Å². The molecule has 0 saturated carbocycles. The van der Waals surface area contributed by atoms with Gasteiger partial charge in [0.05, 0.1) is 19.1 Å². The summed E-state index contributed by atoms with van der Waals surface area (Å²) in [6.45, 7) is 5.92. The molecule has 3 heteroatoms. The lowest BCUT2D eigenvalue weighted by Crippen LogP contribution is -2.14. The number of hydrogen-bond acceptors (Lipinski definition) is 3. The fourth-order valence-corrected chi connectivity index (χ4v) is 1.76. The summed E-state index contributed by atoms with van der Waals surface area (Å²) in [6.07, 6.45) is 0.848. The zero-order valence-electron chi connectivity index (χ0n) is 10.9. The molecule has 0 aromatic heterocycles. The quantitative estimate of drug-likeness (QED) is 0.737. The van der Waals surface area contributed by atoms with Gasteiger partial charge in [0, 0.05) is 0 Å². The first-order valence-corrected chi connectivity index (χ1v) is 5.93. The molecule has 3 nitrogen and oxygen atoms in total. The van der Waals surface area contributed by atoms with E-state index in [4.69, 9.17) is 9.47 Å². The van der Waals surface area contributed by atoms with E-state index in [0.29, 0.717) is 0 Å². The Kier molecular flexibility index (Phi) is 5.01. The van der Waals surface area contributed by atoms with Crippen molar-refractivity contribution in [2.45, 2.75) is 39.2 Å². The Morgan fingerprint density at radius 1 is 1.35 bits per heavy atom. The van der Waals surface area contributed by atoms with E-state index in [1.165, 1.54) is 7.11 Å². The topological polar surface area (TPSA) is 35.5 Å². The molecule has 0 fully saturated rings. The second kappa shape index (κ2) is 6.28. The van der Waals surface area contributed by atoms with Crippen LogP contribution in [0.3, 0.4) is 0 Å². The first-order valence-electron chi connectivity index (χ1n) is 5.93. The molecule has 0 heterocycles. The first-order chi connectivity index (χ1) is 8.08. The molecule has 0 amide bonds. The van der Waals surface area contributed by atoms with Gasteiger partial charge in [0.15, 0.2) is 0 Å². The monoisotopic (exact) mass is 236 g/mol. The van der Waals surface area contributed by atoms with Gasteiger partial charge >= 0.3 is 5.97 Å². The van der Waals surface area contributed by atoms with Crippen molar-refractivity contribution in [3.8, 4) is 5.75 Å². The number of ether oxygens (including phenoxy) is 2. The van der Waals surface area contributed by atoms with E-state index in [2.05, 4.69) is 0 Å². The molecule has 94 valence electrons. The lowest BCUT2D eigenvalue weighted by atomic mass is 9.96. The minimum atomic E-state index is -0.212. The lowest BCUT2D eigenvalue weighted by Gasteiger charge is -2.15. The summed E-state index contributed by atoms with van der Waals surface area (Å²) in [5.74, 6) is 0.379. The highest BCUT2D eigenvalue weighted by Crippen LogP contribution is 2.25. The van der Waals surface area contributed by atoms with Gasteiger partial charge in [-0.05, 0) is 38.0 Å². The maximum absolute atomic E-state index is 11.6. The Balaban J connectivity index is 2.92. The zero-order valence-corrected chi connectivity index (χ0v) is 10.9. The largest absolute Gasteiger partial charge is 0.491 e. The molecule has 0 aliphatic heterocycles. The average Bonchev–Trinajstić information content (AvgIpc) is 2.29. The van der Waals surface area contributed by atoms with E-state index in [9.17, 15) is 4.79 Å². The fourth-order valence-electron chi connectivity index (χ4n) is 1.76. The Labute approximate surface area is 103 Å². The smallest absolute Gasteiger partial charge is 0.313 e. The summed E-state index contributed by atoms with van der Waals surface area (Å²) >= 11 is 0. The van der Waals surface area contributed by atoms with E-state index < -0.39 is 0 Å². The molecule has 0 spiro atoms. The maximum Gasteiger partial charge on any atom is 0.313 e. The van der Waals surface area contributed by atoms with Crippen LogP contribution in [0.4, 0.5) is 0 Å². The molecule has 0 saturated heterocycles. The lowest BCUT2D eigenvalue weighted by molar-refractivity contribution is -0.142. The summed E-state index contributed by atoms with van der Waals surface area (Å²) in [6, 6.07) is 7.63. The summed E-state index contributed by atoms with van der Waals surface area (Å²) in [5.41, 5.74) is 0.942. The van der Waals surface area contributed by atoms with Gasteiger partial charge in [0.1, 0.15) is 5.75 Å². The average molecular weight is 236 g/mol. The third kappa shape index (κ3) is 3.77. The normalized spacial score (nSPS) is 12.3. The molecule has 1 unspecified atom stereocenters. The van der Waals surface area contributed by atoms with Crippen LogP contribution in [0.1, 0.15) is 38.7 Å². The standard InChI is InChI=1S/C14H20O3/c1-5-13(14(15)16-4)11-7-6-8-12(9-11)17-10(2)3/h6-10,13H,5H2,1-4H3. The van der Waals surface area contributed by atoms with Crippen LogP contribution in [-0.4, -0.2) is 19.2 Å². The number of carbonyl (C=O) groups is 1. The molecule has 0 aliphatic rings. The fraction of sp³-hybridized carbons (Fsp3) is 0.500. The van der Waals surface area contributed by atoms with Crippen LogP contribution in [0, 0.1) is 0 Å². The number of benzene rings is 1. The van der Waals surface area contributed by atoms with Gasteiger partial charge in [-0.15, -0.1) is 0 Å². The Hall–Kier alpha value is -1.51. The van der Waals surface area contributed by atoms with Crippen molar-refractivity contribution < 1.29 is 14.3 Å². The van der Waals surface area contributed by atoms with Crippen molar-refractivity contribution in [2.75, 3.05) is 7.11 Å². The summed E-state index contributed by atoms with van der Waals surface area (Å²) < 4.78 is 10.4. The van der Waals surface area contributed by atoms with E-state index in [-0.39, 0.29) is 18.0 Å². The maximum atomic E-state index is 11.6. The second-order valence-electron chi connectivity index (χ2n) is 4.22. The number of rotatable bonds is 5. The van der Waals surface area contributed by atoms with Crippen LogP contribution in [0.25, 0.3) is 0 Å². The van der Waals surface area contributed by atoms with Crippen LogP contribution < -0.4 is 4.74 Å². The molecule has 1 rings (SSSR count). The van der Waals surface area contributed by atoms with Gasteiger partial charge in [0.25, 0.3) is 0 Å². The van der Waals surface area contributed by atoms with Crippen LogP contribution in [0.15, 0.2) is 24.3 Å². The minimum absolute atomic E-state index is 0.128. The predicted octanol–water partition coefficient (Wildman–Crippen LogP) is 3.14. The molecule has 0 bridgehead atoms. The molecule has 0 N–H and O–H groups in total. The molecule has 1 aromatic carbocycles. The van der Waals surface area contributed by atoms with Crippen LogP contribution in [0.2, 0.25) is 0 Å². The Bertz CT molecular complexity index is 371. The number of esters is 1. The van der Waals surface area contributed by atoms with Gasteiger partial charge in [-0.1, -0.05) is 19.1 Å². The highest BCUT2D eigenvalue weighted by Gasteiger charge is 2.19. The van der Waals surface area contributed by atoms with Crippen molar-refractivity contribution in [3.63, 3.8) is 0 Å². The Morgan fingerprint density at radius 2 is 2.06 bits per heavy atom. The van der Waals surface area contributed by atoms with Crippen molar-refractivity contribution >= 4 is 5.97 Å². The van der Waals surface area contributed by atoms with Crippen LogP contribution in [-0.2, 0) is 9.53 Å². The van der Waals surface area contributed by atoms with Crippen LogP contribution in [0.5, 0.6) is 5.75 Å². The molecule has 1 atom stereocenters. The highest BCUT2D eigenvalue weighted by molar-refractivity contribution is 5.78. The minimum Gasteiger partial charge on any atom is -0.491 e. The van der Waals surface area contributed by atoms with E-state index >= 15 is 0 Å². The summed E-state index contributed by atoms with van der Waals surface area (Å²) in [5, 5.41) is 0. The van der Waals surface area contributed by atoms with Crippen molar-refractivity contribution in [1.29, 1.82) is 0 Å². The van der Waals surface area contributed by atoms with Crippen molar-refractivity contribution in [2.24, 2.45) is 0 Å². The molecule has 1 aromatic rings. The third-order valence-electron chi connectivity index (χ3n) is 2.53. The van der Waals surface area contributed by atoms with Gasteiger partial charge in [0.2, 0.25) is 0 Å². The third-order valence-corrected chi connectivity index (χ3v) is 2.53. The SMILES string of the molecule is CCC(C(=O)OC)c1cccc(OC(C)C)c1. The molecule has 0 aliphatic carbocycles. The van der Waals surface area contributed by atoms with Crippen LogP contribution >= 0.6 is 0 Å². The van der Waals surface area contributed by atoms with E-state index in [1.54, 1.807) is 0 Å². The molecular weight excluding hydrogens is 216 g/mol. The molecular formula is C14H20O3. The predicted molar refractivity (Wildman–Crippen MR) is 67.3 cm³/mol. The zero-order chi connectivity index (χ0) is 12.8. The van der Waals surface area contributed by atoms with Gasteiger partial charge in [-0.3, -0.25) is 4.79 Å². The van der Waals surface area contributed by atoms with Gasteiger partial charge < -0.3 is 9.47 Å². The van der Waals surface area contributed by atoms with E-state index in [1.807, 2.05) is 45.0 Å². The Morgan fingerprint density at radius 3 is 2.59 bits per heavy atom. The molecule has 17 heavy (non-hydrogen) atoms. The number of carbonyl (C=O) groups excluding carboxylic acids is 1. The second-order valence-corrected chi connectivity index (χ2v) is 4.22. The van der Waals surface area contributed by atoms with Gasteiger partial charge in [-0.2, -0.15) is 0 Å².